The first-order valence-electron chi connectivity index (χ1n) is 1.72. The van der Waals surface area contributed by atoms with Crippen molar-refractivity contribution < 1.29 is 0 Å². The molecule has 0 fully saturated rings. The fourth-order valence-electron chi connectivity index (χ4n) is 0.123. The first-order chi connectivity index (χ1) is 2.91. The lowest BCUT2D eigenvalue weighted by atomic mass is 10.7. The van der Waals surface area contributed by atoms with Crippen molar-refractivity contribution in [3.63, 3.8) is 0 Å². The molecule has 0 spiro atoms. The molecule has 35 valence electrons. The van der Waals surface area contributed by atoms with Crippen LogP contribution in [0.15, 0.2) is 0 Å². The van der Waals surface area contributed by atoms with Gasteiger partial charge in [-0.3, -0.25) is 0 Å². The first kappa shape index (κ1) is 5.85. The third-order valence-corrected chi connectivity index (χ3v) is 0.486. The summed E-state index contributed by atoms with van der Waals surface area (Å²) in [6, 6.07) is 0. The minimum Gasteiger partial charge on any atom is -0.373 e. The first-order valence-corrected chi connectivity index (χ1v) is 2.12. The van der Waals surface area contributed by atoms with E-state index in [1.54, 1.807) is 0 Å². The molecule has 6 heavy (non-hydrogen) atoms. The Hall–Kier alpha value is -0.150. The van der Waals surface area contributed by atoms with Crippen molar-refractivity contribution in [3.8, 4) is 0 Å². The monoisotopic (exact) mass is 103 g/mol. The summed E-state index contributed by atoms with van der Waals surface area (Å²) < 4.78 is 0. The lowest BCUT2D eigenvalue weighted by Crippen LogP contribution is -2.19. The van der Waals surface area contributed by atoms with Gasteiger partial charge in [0.1, 0.15) is 5.49 Å². The molecule has 0 bridgehead atoms. The summed E-state index contributed by atoms with van der Waals surface area (Å²) in [7, 11) is 0. The zero-order valence-corrected chi connectivity index (χ0v) is 4.22. The van der Waals surface area contributed by atoms with Crippen molar-refractivity contribution in [3.05, 3.63) is 0 Å². The van der Waals surface area contributed by atoms with Gasteiger partial charge in [-0.05, 0) is 0 Å². The Morgan fingerprint density at radius 2 is 2.50 bits per heavy atom. The second-order valence-electron chi connectivity index (χ2n) is 0.818. The van der Waals surface area contributed by atoms with E-state index in [0.717, 1.165) is 6.54 Å². The summed E-state index contributed by atoms with van der Waals surface area (Å²) in [5.41, 5.74) is 7.39. The molecule has 0 aromatic rings. The highest BCUT2D eigenvalue weighted by atomic mass is 32.1. The third-order valence-electron chi connectivity index (χ3n) is 0.342. The summed E-state index contributed by atoms with van der Waals surface area (Å²) in [6.45, 7) is 1.34. The maximum absolute atomic E-state index is 5.07. The van der Waals surface area contributed by atoms with E-state index in [0.29, 0.717) is 6.54 Å². The van der Waals surface area contributed by atoms with Crippen LogP contribution in [0.5, 0.6) is 0 Å². The Balaban J connectivity index is 2.49. The molecule has 0 saturated carbocycles. The molecule has 0 rings (SSSR count). The lowest BCUT2D eigenvalue weighted by Gasteiger charge is -1.87. The van der Waals surface area contributed by atoms with E-state index >= 15 is 0 Å². The molecule has 0 aromatic heterocycles. The van der Waals surface area contributed by atoms with Crippen LogP contribution in [0.2, 0.25) is 0 Å². The number of nitrogens with two attached hydrogens (primary N) is 1. The van der Waals surface area contributed by atoms with Crippen LogP contribution in [0.1, 0.15) is 0 Å². The maximum atomic E-state index is 5.07. The molecule has 2 nitrogen and oxygen atoms in total. The summed E-state index contributed by atoms with van der Waals surface area (Å²) in [4.78, 5) is 0. The van der Waals surface area contributed by atoms with Crippen molar-refractivity contribution in [1.29, 1.82) is 0 Å². The SMILES string of the molecule is NCCN[C]=S. The van der Waals surface area contributed by atoms with Crippen LogP contribution < -0.4 is 11.1 Å². The van der Waals surface area contributed by atoms with E-state index in [-0.39, 0.29) is 0 Å². The number of thiocarbonyl (C=S) groups is 1. The smallest absolute Gasteiger partial charge is 0.134 e. The predicted octanol–water partition coefficient (Wildman–Crippen LogP) is -0.631. The van der Waals surface area contributed by atoms with Crippen LogP contribution in [0, 0.1) is 0 Å². The highest BCUT2D eigenvalue weighted by Crippen LogP contribution is 1.44. The molecule has 0 aliphatic carbocycles. The maximum Gasteiger partial charge on any atom is 0.134 e. The van der Waals surface area contributed by atoms with E-state index in [2.05, 4.69) is 23.0 Å². The van der Waals surface area contributed by atoms with Crippen molar-refractivity contribution in [2.45, 2.75) is 0 Å². The van der Waals surface area contributed by atoms with E-state index in [1.807, 2.05) is 0 Å². The standard InChI is InChI=1S/C3H7N2S/c4-1-2-5-3-6/h1-2,4H2,(H,5,6). The Morgan fingerprint density at radius 3 is 2.67 bits per heavy atom. The number of hydrogen-bond donors (Lipinski definition) is 2. The van der Waals surface area contributed by atoms with Gasteiger partial charge < -0.3 is 11.1 Å². The second-order valence-corrected chi connectivity index (χ2v) is 1.02. The highest BCUT2D eigenvalue weighted by molar-refractivity contribution is 7.78. The van der Waals surface area contributed by atoms with Gasteiger partial charge in [0.2, 0.25) is 0 Å². The Bertz CT molecular complexity index is 37.8. The predicted molar refractivity (Wildman–Crippen MR) is 29.7 cm³/mol. The van der Waals surface area contributed by atoms with Crippen molar-refractivity contribution in [2.24, 2.45) is 5.73 Å². The molecule has 0 aromatic carbocycles. The van der Waals surface area contributed by atoms with Crippen LogP contribution >= 0.6 is 12.2 Å². The summed E-state index contributed by atoms with van der Waals surface area (Å²) in [5.74, 6) is 0. The molecular weight excluding hydrogens is 96.1 g/mol. The fraction of sp³-hybridized carbons (Fsp3) is 0.667. The molecule has 0 amide bonds. The van der Waals surface area contributed by atoms with E-state index in [4.69, 9.17) is 5.73 Å². The Morgan fingerprint density at radius 1 is 1.83 bits per heavy atom. The quantitative estimate of drug-likeness (QED) is 0.284. The van der Waals surface area contributed by atoms with E-state index < -0.39 is 0 Å². The molecule has 0 aliphatic heterocycles. The third kappa shape index (κ3) is 3.85. The molecule has 0 atom stereocenters. The molecule has 1 radical (unpaired) electrons. The van der Waals surface area contributed by atoms with Gasteiger partial charge in [-0.25, -0.2) is 0 Å². The van der Waals surface area contributed by atoms with Crippen LogP contribution in [0.4, 0.5) is 0 Å². The topological polar surface area (TPSA) is 38.0 Å². The van der Waals surface area contributed by atoms with Gasteiger partial charge in [0.05, 0.1) is 0 Å². The molecule has 0 aliphatic rings. The number of rotatable bonds is 3. The zero-order valence-electron chi connectivity index (χ0n) is 3.40. The minimum absolute atomic E-state index is 0.615. The van der Waals surface area contributed by atoms with Gasteiger partial charge >= 0.3 is 0 Å². The van der Waals surface area contributed by atoms with Gasteiger partial charge in [0.25, 0.3) is 0 Å². The normalized spacial score (nSPS) is 7.50. The second kappa shape index (κ2) is 4.85. The average molecular weight is 103 g/mol. The van der Waals surface area contributed by atoms with Gasteiger partial charge in [-0.15, -0.1) is 0 Å². The van der Waals surface area contributed by atoms with Crippen molar-refractivity contribution >= 4 is 17.7 Å². The zero-order chi connectivity index (χ0) is 4.83. The largest absolute Gasteiger partial charge is 0.373 e. The van der Waals surface area contributed by atoms with E-state index in [9.17, 15) is 0 Å². The number of hydrogen-bond acceptors (Lipinski definition) is 2. The Labute approximate surface area is 42.7 Å². The number of nitrogens with one attached hydrogen (secondary N) is 1. The summed E-state index contributed by atoms with van der Waals surface area (Å²) in [5, 5.41) is 2.64. The molecule has 0 saturated heterocycles. The molecular formula is C3H7N2S. The van der Waals surface area contributed by atoms with Crippen LogP contribution in [-0.2, 0) is 0 Å². The van der Waals surface area contributed by atoms with Gasteiger partial charge in [-0.2, -0.15) is 0 Å². The van der Waals surface area contributed by atoms with Gasteiger partial charge in [-0.1, -0.05) is 12.2 Å². The van der Waals surface area contributed by atoms with Crippen LogP contribution in [-0.4, -0.2) is 18.6 Å². The molecule has 3 N–H and O–H groups in total. The molecule has 3 heteroatoms. The Kier molecular flexibility index (Phi) is 4.73. The van der Waals surface area contributed by atoms with Crippen LogP contribution in [0.25, 0.3) is 0 Å². The minimum atomic E-state index is 0.615. The summed E-state index contributed by atoms with van der Waals surface area (Å²) in [6.07, 6.45) is 0. The highest BCUT2D eigenvalue weighted by Gasteiger charge is 1.68. The van der Waals surface area contributed by atoms with Gasteiger partial charge in [0.15, 0.2) is 0 Å². The lowest BCUT2D eigenvalue weighted by molar-refractivity contribution is 0.896. The fourth-order valence-corrected chi connectivity index (χ4v) is 0.225. The average Bonchev–Trinajstić information content (AvgIpc) is 1.61. The van der Waals surface area contributed by atoms with Crippen LogP contribution in [0.3, 0.4) is 0 Å². The molecule has 0 unspecified atom stereocenters. The van der Waals surface area contributed by atoms with Gasteiger partial charge in [0, 0.05) is 13.1 Å². The van der Waals surface area contributed by atoms with Crippen molar-refractivity contribution in [2.75, 3.05) is 13.1 Å². The summed E-state index contributed by atoms with van der Waals surface area (Å²) >= 11 is 4.30. The van der Waals surface area contributed by atoms with Crippen molar-refractivity contribution in [1.82, 2.24) is 5.32 Å². The van der Waals surface area contributed by atoms with E-state index in [1.165, 1.54) is 0 Å². The molecule has 0 heterocycles.